The molecule has 0 saturated carbocycles. The van der Waals surface area contributed by atoms with Crippen molar-refractivity contribution < 1.29 is 19.0 Å². The molecule has 92 valence electrons. The Labute approximate surface area is 99.7 Å². The lowest BCUT2D eigenvalue weighted by Gasteiger charge is -2.16. The predicted octanol–water partition coefficient (Wildman–Crippen LogP) is 1.14. The standard InChI is InChI=1S/C12H15NO4/c1-15-7-10-8(6-11(14)16-2)12-9(17-10)4-3-5-13-12/h3-5,8,10H,6-7H2,1-2H3/t8-,10-/m1/s1. The van der Waals surface area contributed by atoms with Crippen molar-refractivity contribution in [2.75, 3.05) is 20.8 Å². The normalized spacial score (nSPS) is 21.8. The number of pyridine rings is 1. The molecule has 0 unspecified atom stereocenters. The molecule has 5 heteroatoms. The molecule has 1 aliphatic heterocycles. The van der Waals surface area contributed by atoms with Gasteiger partial charge in [-0.3, -0.25) is 9.78 Å². The van der Waals surface area contributed by atoms with Crippen molar-refractivity contribution in [1.29, 1.82) is 0 Å². The summed E-state index contributed by atoms with van der Waals surface area (Å²) in [4.78, 5) is 15.7. The zero-order valence-electron chi connectivity index (χ0n) is 9.88. The minimum Gasteiger partial charge on any atom is -0.485 e. The Morgan fingerprint density at radius 2 is 2.35 bits per heavy atom. The van der Waals surface area contributed by atoms with Crippen molar-refractivity contribution in [3.63, 3.8) is 0 Å². The highest BCUT2D eigenvalue weighted by molar-refractivity contribution is 5.70. The third-order valence-electron chi connectivity index (χ3n) is 2.82. The molecule has 0 amide bonds. The quantitative estimate of drug-likeness (QED) is 0.735. The summed E-state index contributed by atoms with van der Waals surface area (Å²) in [5.41, 5.74) is 0.806. The molecular weight excluding hydrogens is 222 g/mol. The molecule has 0 N–H and O–H groups in total. The highest BCUT2D eigenvalue weighted by Crippen LogP contribution is 2.38. The molecule has 1 aromatic heterocycles. The van der Waals surface area contributed by atoms with E-state index in [9.17, 15) is 4.79 Å². The Morgan fingerprint density at radius 1 is 1.53 bits per heavy atom. The fraction of sp³-hybridized carbons (Fsp3) is 0.500. The second-order valence-electron chi connectivity index (χ2n) is 3.89. The lowest BCUT2D eigenvalue weighted by atomic mass is 9.96. The fourth-order valence-electron chi connectivity index (χ4n) is 2.01. The maximum Gasteiger partial charge on any atom is 0.306 e. The number of ether oxygens (including phenoxy) is 3. The zero-order valence-corrected chi connectivity index (χ0v) is 9.88. The minimum absolute atomic E-state index is 0.0985. The molecule has 0 saturated heterocycles. The number of rotatable bonds is 4. The van der Waals surface area contributed by atoms with Crippen LogP contribution in [0.1, 0.15) is 18.0 Å². The molecule has 0 bridgehead atoms. The van der Waals surface area contributed by atoms with Crippen LogP contribution in [0.15, 0.2) is 18.3 Å². The zero-order chi connectivity index (χ0) is 12.3. The molecule has 2 atom stereocenters. The molecule has 2 rings (SSSR count). The first-order valence-corrected chi connectivity index (χ1v) is 5.43. The van der Waals surface area contributed by atoms with E-state index >= 15 is 0 Å². The van der Waals surface area contributed by atoms with Gasteiger partial charge in [0.05, 0.1) is 31.7 Å². The van der Waals surface area contributed by atoms with Crippen molar-refractivity contribution in [1.82, 2.24) is 4.98 Å². The summed E-state index contributed by atoms with van der Waals surface area (Å²) in [5.74, 6) is 0.361. The molecule has 0 radical (unpaired) electrons. The number of aromatic nitrogens is 1. The average molecular weight is 237 g/mol. The summed E-state index contributed by atoms with van der Waals surface area (Å²) in [6.45, 7) is 0.429. The van der Waals surface area contributed by atoms with E-state index in [2.05, 4.69) is 4.98 Å². The van der Waals surface area contributed by atoms with Crippen molar-refractivity contribution in [3.05, 3.63) is 24.0 Å². The summed E-state index contributed by atoms with van der Waals surface area (Å²) in [7, 11) is 2.98. The molecule has 0 spiro atoms. The number of carbonyl (C=O) groups excluding carboxylic acids is 1. The van der Waals surface area contributed by atoms with Gasteiger partial charge in [-0.2, -0.15) is 0 Å². The maximum atomic E-state index is 11.4. The first-order valence-electron chi connectivity index (χ1n) is 5.43. The van der Waals surface area contributed by atoms with Gasteiger partial charge in [0.2, 0.25) is 0 Å². The fourth-order valence-corrected chi connectivity index (χ4v) is 2.01. The summed E-state index contributed by atoms with van der Waals surface area (Å²) in [6, 6.07) is 3.66. The third-order valence-corrected chi connectivity index (χ3v) is 2.82. The van der Waals surface area contributed by atoms with Gasteiger partial charge in [-0.15, -0.1) is 0 Å². The number of hydrogen-bond donors (Lipinski definition) is 0. The molecule has 1 aromatic rings. The van der Waals surface area contributed by atoms with Gasteiger partial charge in [0.1, 0.15) is 11.9 Å². The number of esters is 1. The van der Waals surface area contributed by atoms with Crippen LogP contribution in [-0.2, 0) is 14.3 Å². The number of nitrogens with zero attached hydrogens (tertiary/aromatic N) is 1. The van der Waals surface area contributed by atoms with Crippen molar-refractivity contribution >= 4 is 5.97 Å². The van der Waals surface area contributed by atoms with Gasteiger partial charge in [0.15, 0.2) is 0 Å². The molecule has 0 aromatic carbocycles. The summed E-state index contributed by atoms with van der Waals surface area (Å²) >= 11 is 0. The summed E-state index contributed by atoms with van der Waals surface area (Å²) in [6.07, 6.45) is 1.78. The Kier molecular flexibility index (Phi) is 3.58. The van der Waals surface area contributed by atoms with E-state index in [-0.39, 0.29) is 24.4 Å². The van der Waals surface area contributed by atoms with Gasteiger partial charge in [0.25, 0.3) is 0 Å². The Morgan fingerprint density at radius 3 is 3.06 bits per heavy atom. The molecule has 0 fully saturated rings. The van der Waals surface area contributed by atoms with Crippen LogP contribution in [0.3, 0.4) is 0 Å². The summed E-state index contributed by atoms with van der Waals surface area (Å²) < 4.78 is 15.5. The van der Waals surface area contributed by atoms with Crippen LogP contribution in [-0.4, -0.2) is 37.9 Å². The monoisotopic (exact) mass is 237 g/mol. The van der Waals surface area contributed by atoms with Crippen molar-refractivity contribution in [3.8, 4) is 5.75 Å². The molecular formula is C12H15NO4. The van der Waals surface area contributed by atoms with Crippen molar-refractivity contribution in [2.24, 2.45) is 0 Å². The third kappa shape index (κ3) is 2.39. The van der Waals surface area contributed by atoms with E-state index in [1.807, 2.05) is 12.1 Å². The summed E-state index contributed by atoms with van der Waals surface area (Å²) in [5, 5.41) is 0. The highest BCUT2D eigenvalue weighted by atomic mass is 16.5. The number of carbonyl (C=O) groups is 1. The van der Waals surface area contributed by atoms with E-state index in [1.165, 1.54) is 7.11 Å². The first kappa shape index (κ1) is 11.9. The molecule has 0 aliphatic carbocycles. The number of hydrogen-bond acceptors (Lipinski definition) is 5. The molecule has 1 aliphatic rings. The Bertz CT molecular complexity index is 407. The smallest absolute Gasteiger partial charge is 0.306 e. The Balaban J connectivity index is 2.20. The second kappa shape index (κ2) is 5.14. The lowest BCUT2D eigenvalue weighted by Crippen LogP contribution is -2.26. The maximum absolute atomic E-state index is 11.4. The molecule has 5 nitrogen and oxygen atoms in total. The Hall–Kier alpha value is -1.62. The van der Waals surface area contributed by atoms with Gasteiger partial charge in [-0.25, -0.2) is 0 Å². The van der Waals surface area contributed by atoms with Gasteiger partial charge < -0.3 is 14.2 Å². The minimum atomic E-state index is -0.266. The van der Waals surface area contributed by atoms with Crippen molar-refractivity contribution in [2.45, 2.75) is 18.4 Å². The lowest BCUT2D eigenvalue weighted by molar-refractivity contribution is -0.141. The molecule has 2 heterocycles. The van der Waals surface area contributed by atoms with E-state index in [1.54, 1.807) is 13.3 Å². The van der Waals surface area contributed by atoms with E-state index in [0.29, 0.717) is 6.61 Å². The average Bonchev–Trinajstić information content (AvgIpc) is 2.68. The largest absolute Gasteiger partial charge is 0.485 e. The van der Waals surface area contributed by atoms with E-state index < -0.39 is 0 Å². The van der Waals surface area contributed by atoms with Gasteiger partial charge in [-0.05, 0) is 12.1 Å². The van der Waals surface area contributed by atoms with Gasteiger partial charge in [0, 0.05) is 13.3 Å². The van der Waals surface area contributed by atoms with Gasteiger partial charge >= 0.3 is 5.97 Å². The van der Waals surface area contributed by atoms with Crippen LogP contribution in [0, 0.1) is 0 Å². The van der Waals surface area contributed by atoms with Crippen LogP contribution in [0.4, 0.5) is 0 Å². The highest BCUT2D eigenvalue weighted by Gasteiger charge is 2.37. The predicted molar refractivity (Wildman–Crippen MR) is 59.9 cm³/mol. The van der Waals surface area contributed by atoms with Gasteiger partial charge in [-0.1, -0.05) is 0 Å². The SMILES string of the molecule is COC[C@H]1Oc2cccnc2[C@@H]1CC(=O)OC. The number of fused-ring (bicyclic) bond motifs is 1. The van der Waals surface area contributed by atoms with Crippen LogP contribution in [0.5, 0.6) is 5.75 Å². The molecule has 17 heavy (non-hydrogen) atoms. The van der Waals surface area contributed by atoms with E-state index in [4.69, 9.17) is 14.2 Å². The van der Waals surface area contributed by atoms with Crippen LogP contribution >= 0.6 is 0 Å². The second-order valence-corrected chi connectivity index (χ2v) is 3.89. The topological polar surface area (TPSA) is 57.7 Å². The first-order chi connectivity index (χ1) is 8.26. The number of methoxy groups -OCH3 is 2. The van der Waals surface area contributed by atoms with Crippen LogP contribution in [0.25, 0.3) is 0 Å². The van der Waals surface area contributed by atoms with Crippen LogP contribution < -0.4 is 4.74 Å². The van der Waals surface area contributed by atoms with Crippen LogP contribution in [0.2, 0.25) is 0 Å². The van der Waals surface area contributed by atoms with E-state index in [0.717, 1.165) is 11.4 Å².